The molecule has 17 heavy (non-hydrogen) atoms. The van der Waals surface area contributed by atoms with Crippen molar-refractivity contribution in [1.82, 2.24) is 5.32 Å². The summed E-state index contributed by atoms with van der Waals surface area (Å²) in [4.78, 5) is 12.4. The van der Waals surface area contributed by atoms with E-state index in [9.17, 15) is 4.79 Å². The molecule has 2 rings (SSSR count). The Kier molecular flexibility index (Phi) is 3.04. The number of amides is 1. The van der Waals surface area contributed by atoms with Crippen molar-refractivity contribution < 1.29 is 9.28 Å². The number of piperazine rings is 1. The van der Waals surface area contributed by atoms with Gasteiger partial charge in [-0.15, -0.1) is 0 Å². The molecule has 0 atom stereocenters. The lowest BCUT2D eigenvalue weighted by molar-refractivity contribution is -0.830. The summed E-state index contributed by atoms with van der Waals surface area (Å²) in [5.74, 6) is 0.109. The van der Waals surface area contributed by atoms with Gasteiger partial charge in [-0.3, -0.25) is 4.48 Å². The second kappa shape index (κ2) is 4.35. The third kappa shape index (κ3) is 2.25. The Bertz CT molecular complexity index is 438. The summed E-state index contributed by atoms with van der Waals surface area (Å²) in [7, 11) is 1.97. The van der Waals surface area contributed by atoms with E-state index in [1.807, 2.05) is 7.05 Å². The lowest BCUT2D eigenvalue weighted by atomic mass is 10.1. The van der Waals surface area contributed by atoms with Crippen molar-refractivity contribution in [3.05, 3.63) is 23.8 Å². The molecule has 0 saturated carbocycles. The maximum atomic E-state index is 12.4. The third-order valence-corrected chi connectivity index (χ3v) is 3.39. The number of hydrogen-bond donors (Lipinski definition) is 3. The quantitative estimate of drug-likeness (QED) is 0.474. The summed E-state index contributed by atoms with van der Waals surface area (Å²) in [5, 5.41) is 3.25. The topological polar surface area (TPSA) is 81.1 Å². The molecule has 92 valence electrons. The van der Waals surface area contributed by atoms with Gasteiger partial charge in [0.1, 0.15) is 0 Å². The standard InChI is InChI=1S/C12H18N4O/c1-16(6-4-15-5-7-16)12(17)9-2-3-10(13)11(14)8-9/h2-3,8,15H,4-7,14H2,1H3,(H-,13,17)/p+1. The van der Waals surface area contributed by atoms with E-state index in [1.165, 1.54) is 0 Å². The number of nitrogens with one attached hydrogen (secondary N) is 1. The number of hydrogen-bond acceptors (Lipinski definition) is 4. The van der Waals surface area contributed by atoms with Crippen molar-refractivity contribution in [3.8, 4) is 0 Å². The van der Waals surface area contributed by atoms with Gasteiger partial charge in [0.2, 0.25) is 0 Å². The van der Waals surface area contributed by atoms with Gasteiger partial charge in [-0.1, -0.05) is 0 Å². The van der Waals surface area contributed by atoms with Crippen LogP contribution >= 0.6 is 0 Å². The summed E-state index contributed by atoms with van der Waals surface area (Å²) in [6, 6.07) is 5.11. The molecule has 1 fully saturated rings. The highest BCUT2D eigenvalue weighted by atomic mass is 16.2. The molecule has 1 aliphatic heterocycles. The van der Waals surface area contributed by atoms with E-state index >= 15 is 0 Å². The molecule has 1 aromatic carbocycles. The monoisotopic (exact) mass is 235 g/mol. The highest BCUT2D eigenvalue weighted by Crippen LogP contribution is 2.20. The normalized spacial score (nSPS) is 18.9. The SMILES string of the molecule is C[N+]1(C(=O)c2ccc(N)c(N)c2)CCNCC1. The van der Waals surface area contributed by atoms with Crippen LogP contribution in [0, 0.1) is 0 Å². The van der Waals surface area contributed by atoms with Crippen molar-refractivity contribution in [2.24, 2.45) is 0 Å². The minimum atomic E-state index is 0.109. The summed E-state index contributed by atoms with van der Waals surface area (Å²) in [5.41, 5.74) is 13.0. The predicted octanol–water partition coefficient (Wildman–Crippen LogP) is 0.0410. The summed E-state index contributed by atoms with van der Waals surface area (Å²) >= 11 is 0. The molecule has 0 unspecified atom stereocenters. The molecule has 1 aromatic rings. The van der Waals surface area contributed by atoms with Gasteiger partial charge in [0.05, 0.1) is 37.1 Å². The molecular weight excluding hydrogens is 216 g/mol. The lowest BCUT2D eigenvalue weighted by Crippen LogP contribution is -2.59. The van der Waals surface area contributed by atoms with Crippen molar-refractivity contribution >= 4 is 17.3 Å². The zero-order valence-electron chi connectivity index (χ0n) is 10.1. The average Bonchev–Trinajstić information content (AvgIpc) is 2.33. The summed E-state index contributed by atoms with van der Waals surface area (Å²) < 4.78 is 0.427. The zero-order chi connectivity index (χ0) is 12.5. The number of nitrogens with two attached hydrogens (primary N) is 2. The number of benzene rings is 1. The van der Waals surface area contributed by atoms with Crippen LogP contribution in [0.15, 0.2) is 18.2 Å². The van der Waals surface area contributed by atoms with E-state index in [4.69, 9.17) is 11.5 Å². The number of anilines is 2. The Morgan fingerprint density at radius 3 is 2.47 bits per heavy atom. The molecule has 0 spiro atoms. The smallest absolute Gasteiger partial charge is 0.345 e. The summed E-state index contributed by atoms with van der Waals surface area (Å²) in [6.45, 7) is 3.35. The van der Waals surface area contributed by atoms with Crippen LogP contribution in [0.2, 0.25) is 0 Å². The molecule has 1 heterocycles. The zero-order valence-corrected chi connectivity index (χ0v) is 10.1. The minimum Gasteiger partial charge on any atom is -0.397 e. The van der Waals surface area contributed by atoms with Gasteiger partial charge in [-0.05, 0) is 18.2 Å². The van der Waals surface area contributed by atoms with E-state index in [1.54, 1.807) is 18.2 Å². The molecule has 1 saturated heterocycles. The van der Waals surface area contributed by atoms with Crippen molar-refractivity contribution in [3.63, 3.8) is 0 Å². The highest BCUT2D eigenvalue weighted by Gasteiger charge is 2.34. The number of nitrogen functional groups attached to an aromatic ring is 2. The van der Waals surface area contributed by atoms with Crippen LogP contribution in [0.5, 0.6) is 0 Å². The highest BCUT2D eigenvalue weighted by molar-refractivity contribution is 5.91. The predicted molar refractivity (Wildman–Crippen MR) is 68.4 cm³/mol. The lowest BCUT2D eigenvalue weighted by Gasteiger charge is -2.35. The number of likely N-dealkylation sites (N-methyl/N-ethyl adjacent to an activating group) is 1. The molecule has 1 aliphatic rings. The fraction of sp³-hybridized carbons (Fsp3) is 0.417. The maximum absolute atomic E-state index is 12.4. The van der Waals surface area contributed by atoms with E-state index in [-0.39, 0.29) is 5.91 Å². The molecule has 0 aromatic heterocycles. The van der Waals surface area contributed by atoms with E-state index in [0.717, 1.165) is 26.2 Å². The Morgan fingerprint density at radius 1 is 1.24 bits per heavy atom. The largest absolute Gasteiger partial charge is 0.397 e. The van der Waals surface area contributed by atoms with Crippen LogP contribution in [0.4, 0.5) is 11.4 Å². The number of carbonyl (C=O) groups is 1. The van der Waals surface area contributed by atoms with Gasteiger partial charge < -0.3 is 16.8 Å². The van der Waals surface area contributed by atoms with Crippen LogP contribution in [-0.4, -0.2) is 43.6 Å². The molecule has 5 heteroatoms. The van der Waals surface area contributed by atoms with Crippen LogP contribution in [0.25, 0.3) is 0 Å². The number of quaternary nitrogens is 1. The van der Waals surface area contributed by atoms with Crippen LogP contribution in [0.1, 0.15) is 10.4 Å². The van der Waals surface area contributed by atoms with Gasteiger partial charge >= 0.3 is 5.91 Å². The fourth-order valence-corrected chi connectivity index (χ4v) is 2.11. The van der Waals surface area contributed by atoms with Gasteiger partial charge in [0, 0.05) is 13.1 Å². The molecule has 0 radical (unpaired) electrons. The number of nitrogens with zero attached hydrogens (tertiary/aromatic N) is 1. The second-order valence-electron chi connectivity index (χ2n) is 4.74. The fourth-order valence-electron chi connectivity index (χ4n) is 2.11. The molecule has 0 aliphatic carbocycles. The third-order valence-electron chi connectivity index (χ3n) is 3.39. The molecule has 1 amide bonds. The van der Waals surface area contributed by atoms with Gasteiger partial charge in [0.15, 0.2) is 0 Å². The van der Waals surface area contributed by atoms with E-state index < -0.39 is 0 Å². The summed E-state index contributed by atoms with van der Waals surface area (Å²) in [6.07, 6.45) is 0. The minimum absolute atomic E-state index is 0.109. The van der Waals surface area contributed by atoms with E-state index in [0.29, 0.717) is 21.4 Å². The Morgan fingerprint density at radius 2 is 1.88 bits per heavy atom. The first-order chi connectivity index (χ1) is 8.03. The number of carbonyl (C=O) groups excluding carboxylic acids is 1. The average molecular weight is 235 g/mol. The first-order valence-corrected chi connectivity index (χ1v) is 5.78. The van der Waals surface area contributed by atoms with Crippen LogP contribution in [0.3, 0.4) is 0 Å². The Hall–Kier alpha value is -1.59. The molecule has 5 N–H and O–H groups in total. The van der Waals surface area contributed by atoms with Crippen molar-refractivity contribution in [2.75, 3.05) is 44.7 Å². The van der Waals surface area contributed by atoms with Crippen LogP contribution in [-0.2, 0) is 0 Å². The molecular formula is C12H19N4O+. The van der Waals surface area contributed by atoms with Gasteiger partial charge in [0.25, 0.3) is 0 Å². The number of rotatable bonds is 1. The van der Waals surface area contributed by atoms with Crippen molar-refractivity contribution in [2.45, 2.75) is 0 Å². The van der Waals surface area contributed by atoms with Crippen molar-refractivity contribution in [1.29, 1.82) is 0 Å². The van der Waals surface area contributed by atoms with E-state index in [2.05, 4.69) is 5.32 Å². The maximum Gasteiger partial charge on any atom is 0.345 e. The van der Waals surface area contributed by atoms with Gasteiger partial charge in [-0.25, -0.2) is 4.79 Å². The molecule has 0 bridgehead atoms. The first kappa shape index (κ1) is 11.9. The Labute approximate surface area is 101 Å². The molecule has 5 nitrogen and oxygen atoms in total. The Balaban J connectivity index is 2.26. The second-order valence-corrected chi connectivity index (χ2v) is 4.74. The van der Waals surface area contributed by atoms with Gasteiger partial charge in [-0.2, -0.15) is 0 Å². The van der Waals surface area contributed by atoms with Crippen LogP contribution < -0.4 is 16.8 Å². The first-order valence-electron chi connectivity index (χ1n) is 5.78.